The van der Waals surface area contributed by atoms with Crippen LogP contribution in [0.5, 0.6) is 0 Å². The molecule has 0 bridgehead atoms. The third kappa shape index (κ3) is 2.33. The summed E-state index contributed by atoms with van der Waals surface area (Å²) in [6, 6.07) is 31.8. The number of para-hydroxylation sites is 1. The highest BCUT2D eigenvalue weighted by Crippen LogP contribution is 2.37. The maximum absolute atomic E-state index is 6.08. The van der Waals surface area contributed by atoms with Gasteiger partial charge in [0.05, 0.1) is 0 Å². The predicted octanol–water partition coefficient (Wildman–Crippen LogP) is 7.23. The Kier molecular flexibility index (Phi) is 3.39. The van der Waals surface area contributed by atoms with Crippen LogP contribution in [-0.2, 0) is 0 Å². The molecule has 0 aliphatic rings. The van der Waals surface area contributed by atoms with E-state index in [9.17, 15) is 0 Å². The van der Waals surface area contributed by atoms with E-state index in [4.69, 9.17) is 4.42 Å². The third-order valence-corrected chi connectivity index (χ3v) is 5.05. The Morgan fingerprint density at radius 2 is 1.19 bits per heavy atom. The number of furan rings is 1. The van der Waals surface area contributed by atoms with Gasteiger partial charge in [-0.05, 0) is 52.9 Å². The molecule has 1 heteroatoms. The third-order valence-electron chi connectivity index (χ3n) is 5.05. The summed E-state index contributed by atoms with van der Waals surface area (Å²) in [5, 5.41) is 2.33. The zero-order chi connectivity index (χ0) is 17.5. The fourth-order valence-corrected chi connectivity index (χ4v) is 3.74. The van der Waals surface area contributed by atoms with Gasteiger partial charge in [-0.2, -0.15) is 0 Å². The van der Waals surface area contributed by atoms with E-state index < -0.39 is 0 Å². The van der Waals surface area contributed by atoms with E-state index in [1.54, 1.807) is 0 Å². The van der Waals surface area contributed by atoms with Gasteiger partial charge < -0.3 is 4.42 Å². The zero-order valence-electron chi connectivity index (χ0n) is 14.6. The van der Waals surface area contributed by atoms with E-state index in [-0.39, 0.29) is 0 Å². The summed E-state index contributed by atoms with van der Waals surface area (Å²) in [5.41, 5.74) is 8.08. The van der Waals surface area contributed by atoms with Crippen LogP contribution in [0, 0.1) is 6.92 Å². The van der Waals surface area contributed by atoms with E-state index in [0.29, 0.717) is 0 Å². The summed E-state index contributed by atoms with van der Waals surface area (Å²) in [7, 11) is 0. The summed E-state index contributed by atoms with van der Waals surface area (Å²) >= 11 is 0. The second-order valence-electron chi connectivity index (χ2n) is 6.67. The summed E-state index contributed by atoms with van der Waals surface area (Å²) in [6.45, 7) is 2.16. The van der Waals surface area contributed by atoms with E-state index in [1.807, 2.05) is 12.1 Å². The average molecular weight is 334 g/mol. The zero-order valence-corrected chi connectivity index (χ0v) is 14.6. The van der Waals surface area contributed by atoms with Crippen molar-refractivity contribution in [2.75, 3.05) is 0 Å². The molecule has 0 saturated carbocycles. The predicted molar refractivity (Wildman–Crippen MR) is 109 cm³/mol. The minimum atomic E-state index is 0.934. The largest absolute Gasteiger partial charge is 0.456 e. The van der Waals surface area contributed by atoms with Crippen molar-refractivity contribution in [2.24, 2.45) is 0 Å². The standard InChI is InChI=1S/C25H18O/c1-17-8-2-3-9-19(17)21-11-5-4-10-20(21)18-14-15-23-22-12-6-7-13-24(22)26-25(23)16-18/h2-16H,1H3. The number of hydrogen-bond donors (Lipinski definition) is 0. The molecular weight excluding hydrogens is 316 g/mol. The van der Waals surface area contributed by atoms with Crippen LogP contribution in [0.3, 0.4) is 0 Å². The minimum Gasteiger partial charge on any atom is -0.456 e. The van der Waals surface area contributed by atoms with Crippen molar-refractivity contribution in [1.29, 1.82) is 0 Å². The lowest BCUT2D eigenvalue weighted by Crippen LogP contribution is -1.87. The Hall–Kier alpha value is -3.32. The van der Waals surface area contributed by atoms with Crippen LogP contribution in [-0.4, -0.2) is 0 Å². The molecule has 0 spiro atoms. The van der Waals surface area contributed by atoms with Gasteiger partial charge in [-0.3, -0.25) is 0 Å². The van der Waals surface area contributed by atoms with E-state index in [0.717, 1.165) is 16.6 Å². The molecule has 0 saturated heterocycles. The van der Waals surface area contributed by atoms with Gasteiger partial charge in [0, 0.05) is 10.8 Å². The maximum atomic E-state index is 6.08. The fourth-order valence-electron chi connectivity index (χ4n) is 3.74. The van der Waals surface area contributed by atoms with Gasteiger partial charge in [0.15, 0.2) is 0 Å². The lowest BCUT2D eigenvalue weighted by molar-refractivity contribution is 0.669. The highest BCUT2D eigenvalue weighted by Gasteiger charge is 2.12. The van der Waals surface area contributed by atoms with Crippen molar-refractivity contribution < 1.29 is 4.42 Å². The van der Waals surface area contributed by atoms with Gasteiger partial charge in [-0.1, -0.05) is 72.8 Å². The molecule has 1 heterocycles. The molecule has 0 amide bonds. The molecule has 4 aromatic carbocycles. The van der Waals surface area contributed by atoms with Crippen LogP contribution in [0.4, 0.5) is 0 Å². The first-order valence-corrected chi connectivity index (χ1v) is 8.88. The Bertz CT molecular complexity index is 1240. The lowest BCUT2D eigenvalue weighted by Gasteiger charge is -2.12. The monoisotopic (exact) mass is 334 g/mol. The van der Waals surface area contributed by atoms with Crippen molar-refractivity contribution >= 4 is 21.9 Å². The van der Waals surface area contributed by atoms with Crippen LogP contribution in [0.25, 0.3) is 44.2 Å². The van der Waals surface area contributed by atoms with Crippen LogP contribution in [0.15, 0.2) is 95.4 Å². The first-order valence-electron chi connectivity index (χ1n) is 8.88. The molecule has 5 aromatic rings. The topological polar surface area (TPSA) is 13.1 Å². The highest BCUT2D eigenvalue weighted by molar-refractivity contribution is 6.06. The minimum absolute atomic E-state index is 0.934. The summed E-state index contributed by atoms with van der Waals surface area (Å²) in [5.74, 6) is 0. The molecule has 0 radical (unpaired) electrons. The molecule has 0 atom stereocenters. The Morgan fingerprint density at radius 3 is 2.04 bits per heavy atom. The van der Waals surface area contributed by atoms with Crippen LogP contribution in [0.1, 0.15) is 5.56 Å². The number of rotatable bonds is 2. The molecular formula is C25H18O. The average Bonchev–Trinajstić information content (AvgIpc) is 3.06. The van der Waals surface area contributed by atoms with Crippen molar-refractivity contribution in [3.05, 3.63) is 96.6 Å². The van der Waals surface area contributed by atoms with Gasteiger partial charge in [-0.15, -0.1) is 0 Å². The smallest absolute Gasteiger partial charge is 0.136 e. The van der Waals surface area contributed by atoms with Crippen molar-refractivity contribution in [3.63, 3.8) is 0 Å². The fraction of sp³-hybridized carbons (Fsp3) is 0.0400. The molecule has 0 aliphatic heterocycles. The van der Waals surface area contributed by atoms with Crippen molar-refractivity contribution in [2.45, 2.75) is 6.92 Å². The van der Waals surface area contributed by atoms with Gasteiger partial charge in [0.2, 0.25) is 0 Å². The van der Waals surface area contributed by atoms with Gasteiger partial charge in [-0.25, -0.2) is 0 Å². The molecule has 0 fully saturated rings. The Labute approximate surface area is 152 Å². The molecule has 5 rings (SSSR count). The molecule has 0 unspecified atom stereocenters. The molecule has 1 aromatic heterocycles. The van der Waals surface area contributed by atoms with Gasteiger partial charge in [0.1, 0.15) is 11.2 Å². The quantitative estimate of drug-likeness (QED) is 0.332. The second kappa shape index (κ2) is 5.89. The molecule has 1 nitrogen and oxygen atoms in total. The lowest BCUT2D eigenvalue weighted by atomic mass is 9.92. The molecule has 0 aliphatic carbocycles. The molecule has 26 heavy (non-hydrogen) atoms. The Morgan fingerprint density at radius 1 is 0.538 bits per heavy atom. The number of aryl methyl sites for hydroxylation is 1. The summed E-state index contributed by atoms with van der Waals surface area (Å²) in [6.07, 6.45) is 0. The van der Waals surface area contributed by atoms with E-state index >= 15 is 0 Å². The van der Waals surface area contributed by atoms with Crippen LogP contribution < -0.4 is 0 Å². The van der Waals surface area contributed by atoms with Crippen molar-refractivity contribution in [1.82, 2.24) is 0 Å². The van der Waals surface area contributed by atoms with Crippen molar-refractivity contribution in [3.8, 4) is 22.3 Å². The second-order valence-corrected chi connectivity index (χ2v) is 6.67. The highest BCUT2D eigenvalue weighted by atomic mass is 16.3. The maximum Gasteiger partial charge on any atom is 0.136 e. The number of fused-ring (bicyclic) bond motifs is 3. The van der Waals surface area contributed by atoms with E-state index in [1.165, 1.54) is 33.2 Å². The SMILES string of the molecule is Cc1ccccc1-c1ccccc1-c1ccc2c(c1)oc1ccccc12. The first kappa shape index (κ1) is 15.0. The van der Waals surface area contributed by atoms with Crippen LogP contribution >= 0.6 is 0 Å². The van der Waals surface area contributed by atoms with Gasteiger partial charge in [0.25, 0.3) is 0 Å². The first-order chi connectivity index (χ1) is 12.8. The Balaban J connectivity index is 1.74. The molecule has 0 N–H and O–H groups in total. The van der Waals surface area contributed by atoms with Gasteiger partial charge >= 0.3 is 0 Å². The number of hydrogen-bond acceptors (Lipinski definition) is 1. The summed E-state index contributed by atoms with van der Waals surface area (Å²) in [4.78, 5) is 0. The normalized spacial score (nSPS) is 11.3. The molecule has 124 valence electrons. The van der Waals surface area contributed by atoms with E-state index in [2.05, 4.69) is 85.8 Å². The number of benzene rings is 4. The van der Waals surface area contributed by atoms with Crippen LogP contribution in [0.2, 0.25) is 0 Å². The summed E-state index contributed by atoms with van der Waals surface area (Å²) < 4.78 is 6.08.